The molecule has 1 rings (SSSR count). The van der Waals surface area contributed by atoms with Crippen LogP contribution < -0.4 is 11.1 Å². The first-order chi connectivity index (χ1) is 7.22. The van der Waals surface area contributed by atoms with Crippen LogP contribution >= 0.6 is 12.2 Å². The van der Waals surface area contributed by atoms with Gasteiger partial charge in [-0.3, -0.25) is 0 Å². The fraction of sp³-hybridized carbons (Fsp3) is 0.182. The molecule has 0 bridgehead atoms. The molecule has 0 aliphatic carbocycles. The number of rotatable bonds is 4. The third kappa shape index (κ3) is 4.58. The van der Waals surface area contributed by atoms with Gasteiger partial charge in [0.25, 0.3) is 0 Å². The number of thiocarbonyl (C=S) groups is 1. The van der Waals surface area contributed by atoms with Crippen LogP contribution in [0, 0.1) is 0 Å². The van der Waals surface area contributed by atoms with Crippen molar-refractivity contribution in [3.05, 3.63) is 35.9 Å². The van der Waals surface area contributed by atoms with Crippen LogP contribution in [0.1, 0.15) is 12.0 Å². The van der Waals surface area contributed by atoms with Crippen molar-refractivity contribution in [2.24, 2.45) is 5.73 Å². The van der Waals surface area contributed by atoms with Crippen molar-refractivity contribution in [1.29, 1.82) is 0 Å². The Morgan fingerprint density at radius 2 is 2.07 bits per heavy atom. The highest BCUT2D eigenvalue weighted by Gasteiger charge is 1.92. The van der Waals surface area contributed by atoms with Gasteiger partial charge in [0.1, 0.15) is 0 Å². The lowest BCUT2D eigenvalue weighted by Gasteiger charge is -2.03. The van der Waals surface area contributed by atoms with Crippen LogP contribution in [0.5, 0.6) is 0 Å². The van der Waals surface area contributed by atoms with Crippen molar-refractivity contribution in [3.8, 4) is 0 Å². The van der Waals surface area contributed by atoms with Crippen molar-refractivity contribution < 1.29 is 5.11 Å². The van der Waals surface area contributed by atoms with Crippen LogP contribution in [0.3, 0.4) is 0 Å². The molecule has 0 heterocycles. The first kappa shape index (κ1) is 11.7. The van der Waals surface area contributed by atoms with Gasteiger partial charge in [-0.15, -0.1) is 0 Å². The maximum absolute atomic E-state index is 8.60. The zero-order chi connectivity index (χ0) is 11.1. The zero-order valence-corrected chi connectivity index (χ0v) is 9.13. The number of nitrogens with two attached hydrogens (primary N) is 1. The molecule has 3 nitrogen and oxygen atoms in total. The van der Waals surface area contributed by atoms with Crippen LogP contribution in [0.15, 0.2) is 30.3 Å². The van der Waals surface area contributed by atoms with Gasteiger partial charge in [-0.2, -0.15) is 0 Å². The molecule has 0 radical (unpaired) electrons. The lowest BCUT2D eigenvalue weighted by molar-refractivity contribution is 0.303. The van der Waals surface area contributed by atoms with Gasteiger partial charge in [-0.05, 0) is 36.3 Å². The number of anilines is 1. The number of benzene rings is 1. The maximum atomic E-state index is 8.60. The minimum absolute atomic E-state index is 0.178. The molecule has 0 amide bonds. The summed E-state index contributed by atoms with van der Waals surface area (Å²) in [6.07, 6.45) is 4.56. The quantitative estimate of drug-likeness (QED) is 0.679. The van der Waals surface area contributed by atoms with Crippen LogP contribution in [-0.4, -0.2) is 16.8 Å². The van der Waals surface area contributed by atoms with Gasteiger partial charge in [0.15, 0.2) is 5.11 Å². The van der Waals surface area contributed by atoms with E-state index >= 15 is 0 Å². The maximum Gasteiger partial charge on any atom is 0.168 e. The third-order valence-electron chi connectivity index (χ3n) is 1.78. The third-order valence-corrected chi connectivity index (χ3v) is 1.89. The molecule has 0 aromatic heterocycles. The molecule has 4 heteroatoms. The summed E-state index contributed by atoms with van der Waals surface area (Å²) >= 11 is 4.72. The van der Waals surface area contributed by atoms with Gasteiger partial charge in [0, 0.05) is 12.3 Å². The van der Waals surface area contributed by atoms with Crippen molar-refractivity contribution >= 4 is 29.1 Å². The fourth-order valence-electron chi connectivity index (χ4n) is 1.11. The summed E-state index contributed by atoms with van der Waals surface area (Å²) in [5.74, 6) is 0. The number of aliphatic hydroxyl groups is 1. The summed E-state index contributed by atoms with van der Waals surface area (Å²) in [6, 6.07) is 7.71. The molecule has 0 saturated carbocycles. The topological polar surface area (TPSA) is 58.3 Å². The molecule has 0 aliphatic heterocycles. The van der Waals surface area contributed by atoms with Crippen LogP contribution in [-0.2, 0) is 0 Å². The second-order valence-electron chi connectivity index (χ2n) is 3.03. The number of hydrogen-bond donors (Lipinski definition) is 3. The highest BCUT2D eigenvalue weighted by Crippen LogP contribution is 2.10. The highest BCUT2D eigenvalue weighted by molar-refractivity contribution is 7.80. The van der Waals surface area contributed by atoms with E-state index in [1.807, 2.05) is 36.4 Å². The average Bonchev–Trinajstić information content (AvgIpc) is 2.20. The zero-order valence-electron chi connectivity index (χ0n) is 8.31. The Morgan fingerprint density at radius 1 is 1.40 bits per heavy atom. The van der Waals surface area contributed by atoms with Crippen LogP contribution in [0.25, 0.3) is 6.08 Å². The minimum atomic E-state index is 0.178. The van der Waals surface area contributed by atoms with Gasteiger partial charge >= 0.3 is 0 Å². The van der Waals surface area contributed by atoms with Gasteiger partial charge in [-0.25, -0.2) is 0 Å². The predicted octanol–water partition coefficient (Wildman–Crippen LogP) is 1.74. The summed E-state index contributed by atoms with van der Waals surface area (Å²) in [6.45, 7) is 0.178. The Balaban J connectivity index is 2.60. The van der Waals surface area contributed by atoms with E-state index in [9.17, 15) is 0 Å². The predicted molar refractivity (Wildman–Crippen MR) is 67.6 cm³/mol. The van der Waals surface area contributed by atoms with E-state index in [2.05, 4.69) is 5.32 Å². The van der Waals surface area contributed by atoms with E-state index in [1.165, 1.54) is 0 Å². The van der Waals surface area contributed by atoms with Gasteiger partial charge in [0.2, 0.25) is 0 Å². The monoisotopic (exact) mass is 222 g/mol. The minimum Gasteiger partial charge on any atom is -0.396 e. The van der Waals surface area contributed by atoms with Gasteiger partial charge in [0.05, 0.1) is 0 Å². The van der Waals surface area contributed by atoms with Crippen molar-refractivity contribution in [1.82, 2.24) is 0 Å². The van der Waals surface area contributed by atoms with Crippen molar-refractivity contribution in [3.63, 3.8) is 0 Å². The molecule has 0 atom stereocenters. The Morgan fingerprint density at radius 3 is 2.60 bits per heavy atom. The van der Waals surface area contributed by atoms with E-state index < -0.39 is 0 Å². The number of hydrogen-bond acceptors (Lipinski definition) is 2. The summed E-state index contributed by atoms with van der Waals surface area (Å²) in [4.78, 5) is 0. The van der Waals surface area contributed by atoms with Crippen LogP contribution in [0.2, 0.25) is 0 Å². The average molecular weight is 222 g/mol. The van der Waals surface area contributed by atoms with Gasteiger partial charge < -0.3 is 16.2 Å². The Hall–Kier alpha value is -1.39. The molecule has 15 heavy (non-hydrogen) atoms. The molecule has 1 aromatic rings. The summed E-state index contributed by atoms with van der Waals surface area (Å²) in [5.41, 5.74) is 7.30. The molecular weight excluding hydrogens is 208 g/mol. The molecular formula is C11H14N2OS. The summed E-state index contributed by atoms with van der Waals surface area (Å²) in [7, 11) is 0. The summed E-state index contributed by atoms with van der Waals surface area (Å²) < 4.78 is 0. The normalized spacial score (nSPS) is 10.5. The second-order valence-corrected chi connectivity index (χ2v) is 3.47. The first-order valence-electron chi connectivity index (χ1n) is 4.66. The molecule has 0 saturated heterocycles. The highest BCUT2D eigenvalue weighted by atomic mass is 32.1. The van der Waals surface area contributed by atoms with Crippen LogP contribution in [0.4, 0.5) is 5.69 Å². The Labute approximate surface area is 94.6 Å². The SMILES string of the molecule is NC(=S)Nc1ccc(C=CCCO)cc1. The fourth-order valence-corrected chi connectivity index (χ4v) is 1.23. The van der Waals surface area contributed by atoms with Crippen molar-refractivity contribution in [2.75, 3.05) is 11.9 Å². The molecule has 4 N–H and O–H groups in total. The largest absolute Gasteiger partial charge is 0.396 e. The van der Waals surface area contributed by atoms with E-state index in [-0.39, 0.29) is 11.7 Å². The molecule has 0 unspecified atom stereocenters. The standard InChI is InChI=1S/C11H14N2OS/c12-11(15)13-10-6-4-9(5-7-10)3-1-2-8-14/h1,3-7,14H,2,8H2,(H3,12,13,15). The van der Waals surface area contributed by atoms with Gasteiger partial charge in [-0.1, -0.05) is 24.3 Å². The Bertz CT molecular complexity index is 346. The van der Waals surface area contributed by atoms with E-state index in [0.29, 0.717) is 6.42 Å². The Kier molecular flexibility index (Phi) is 4.80. The van der Waals surface area contributed by atoms with E-state index in [0.717, 1.165) is 11.3 Å². The lowest BCUT2D eigenvalue weighted by Crippen LogP contribution is -2.18. The lowest BCUT2D eigenvalue weighted by atomic mass is 10.2. The van der Waals surface area contributed by atoms with E-state index in [4.69, 9.17) is 23.1 Å². The second kappa shape index (κ2) is 6.16. The van der Waals surface area contributed by atoms with Crippen molar-refractivity contribution in [2.45, 2.75) is 6.42 Å². The molecule has 0 spiro atoms. The summed E-state index contributed by atoms with van der Waals surface area (Å²) in [5, 5.41) is 11.7. The number of nitrogens with one attached hydrogen (secondary N) is 1. The first-order valence-corrected chi connectivity index (χ1v) is 5.07. The molecule has 80 valence electrons. The molecule has 0 fully saturated rings. The number of aliphatic hydroxyl groups excluding tert-OH is 1. The molecule has 1 aromatic carbocycles. The van der Waals surface area contributed by atoms with E-state index in [1.54, 1.807) is 0 Å². The molecule has 0 aliphatic rings. The smallest absolute Gasteiger partial charge is 0.168 e.